The summed E-state index contributed by atoms with van der Waals surface area (Å²) in [6.07, 6.45) is 3.47. The highest BCUT2D eigenvalue weighted by Crippen LogP contribution is 2.19. The number of fused-ring (bicyclic) bond motifs is 1. The van der Waals surface area contributed by atoms with Crippen molar-refractivity contribution in [3.63, 3.8) is 0 Å². The maximum absolute atomic E-state index is 13.3. The lowest BCUT2D eigenvalue weighted by Gasteiger charge is -2.07. The van der Waals surface area contributed by atoms with Crippen LogP contribution in [0.4, 0.5) is 14.5 Å². The van der Waals surface area contributed by atoms with Gasteiger partial charge in [0.2, 0.25) is 0 Å². The zero-order chi connectivity index (χ0) is 18.2. The number of hydrogen-bond donors (Lipinski definition) is 1. The number of rotatable bonds is 3. The van der Waals surface area contributed by atoms with Gasteiger partial charge in [-0.1, -0.05) is 0 Å². The van der Waals surface area contributed by atoms with E-state index in [0.717, 1.165) is 18.4 Å². The summed E-state index contributed by atoms with van der Waals surface area (Å²) in [6.45, 7) is 0. The number of nitrogens with zero attached hydrogens (tertiary/aromatic N) is 2. The summed E-state index contributed by atoms with van der Waals surface area (Å²) in [4.78, 5) is 19.9. The van der Waals surface area contributed by atoms with Gasteiger partial charge in [-0.05, 0) is 24.3 Å². The van der Waals surface area contributed by atoms with Crippen LogP contribution in [0.2, 0.25) is 0 Å². The van der Waals surface area contributed by atoms with Gasteiger partial charge in [-0.15, -0.1) is 0 Å². The van der Waals surface area contributed by atoms with Crippen molar-refractivity contribution >= 4 is 32.3 Å². The first-order valence-corrected chi connectivity index (χ1v) is 8.85. The van der Waals surface area contributed by atoms with E-state index >= 15 is 0 Å². The number of anilines is 1. The van der Waals surface area contributed by atoms with E-state index in [4.69, 9.17) is 0 Å². The van der Waals surface area contributed by atoms with Gasteiger partial charge in [0.05, 0.1) is 11.1 Å². The average molecular weight is 363 g/mol. The van der Waals surface area contributed by atoms with E-state index in [1.54, 1.807) is 0 Å². The number of carbonyl (C=O) groups is 1. The van der Waals surface area contributed by atoms with E-state index in [1.807, 2.05) is 0 Å². The summed E-state index contributed by atoms with van der Waals surface area (Å²) in [5.41, 5.74) is 0.542. The molecule has 3 aromatic rings. The number of carbonyl (C=O) groups excluding carboxylic acids is 1. The first-order valence-electron chi connectivity index (χ1n) is 6.96. The maximum atomic E-state index is 13.3. The van der Waals surface area contributed by atoms with Crippen molar-refractivity contribution in [2.75, 3.05) is 11.6 Å². The Balaban J connectivity index is 1.91. The number of nitrogens with one attached hydrogen (secondary N) is 1. The van der Waals surface area contributed by atoms with Gasteiger partial charge in [0.1, 0.15) is 0 Å². The molecular weight excluding hydrogens is 352 g/mol. The minimum Gasteiger partial charge on any atom is -0.322 e. The molecule has 2 aromatic heterocycles. The monoisotopic (exact) mass is 363 g/mol. The molecule has 0 unspecified atom stereocenters. The minimum absolute atomic E-state index is 0.108. The number of benzene rings is 1. The number of pyridine rings is 2. The van der Waals surface area contributed by atoms with Crippen molar-refractivity contribution in [1.29, 1.82) is 0 Å². The predicted molar refractivity (Wildman–Crippen MR) is 87.0 cm³/mol. The van der Waals surface area contributed by atoms with Crippen LogP contribution in [0.1, 0.15) is 10.4 Å². The molecule has 0 aliphatic carbocycles. The van der Waals surface area contributed by atoms with E-state index in [2.05, 4.69) is 15.3 Å². The van der Waals surface area contributed by atoms with Gasteiger partial charge in [0, 0.05) is 35.8 Å². The van der Waals surface area contributed by atoms with Gasteiger partial charge < -0.3 is 5.32 Å². The first kappa shape index (κ1) is 16.9. The Hall–Kier alpha value is -2.94. The fourth-order valence-corrected chi connectivity index (χ4v) is 2.73. The van der Waals surface area contributed by atoms with Crippen LogP contribution in [0, 0.1) is 11.6 Å². The molecule has 0 aliphatic rings. The molecule has 0 radical (unpaired) electrons. The number of hydrogen-bond acceptors (Lipinski definition) is 5. The zero-order valence-corrected chi connectivity index (χ0v) is 13.6. The molecule has 0 atom stereocenters. The van der Waals surface area contributed by atoms with Crippen LogP contribution in [0.3, 0.4) is 0 Å². The van der Waals surface area contributed by atoms with Gasteiger partial charge in [0.25, 0.3) is 5.91 Å². The molecular formula is C16H11F2N3O3S. The lowest BCUT2D eigenvalue weighted by molar-refractivity contribution is 0.102. The van der Waals surface area contributed by atoms with Gasteiger partial charge in [-0.3, -0.25) is 9.78 Å². The SMILES string of the molecule is CS(=O)(=O)c1cc(NC(=O)c2cnc3cc(F)c(F)cc3c2)ccn1. The molecule has 1 amide bonds. The smallest absolute Gasteiger partial charge is 0.257 e. The molecule has 9 heteroatoms. The van der Waals surface area contributed by atoms with Gasteiger partial charge in [-0.25, -0.2) is 22.2 Å². The summed E-state index contributed by atoms with van der Waals surface area (Å²) < 4.78 is 49.5. The molecule has 1 aromatic carbocycles. The maximum Gasteiger partial charge on any atom is 0.257 e. The predicted octanol–water partition coefficient (Wildman–Crippen LogP) is 2.56. The molecule has 1 N–H and O–H groups in total. The highest BCUT2D eigenvalue weighted by Gasteiger charge is 2.13. The molecule has 0 aliphatic heterocycles. The van der Waals surface area contributed by atoms with E-state index in [0.29, 0.717) is 0 Å². The Morgan fingerprint density at radius 2 is 1.80 bits per heavy atom. The molecule has 2 heterocycles. The van der Waals surface area contributed by atoms with Crippen LogP contribution >= 0.6 is 0 Å². The lowest BCUT2D eigenvalue weighted by atomic mass is 10.1. The molecule has 0 bridgehead atoms. The average Bonchev–Trinajstić information content (AvgIpc) is 2.55. The minimum atomic E-state index is -3.52. The van der Waals surface area contributed by atoms with Crippen LogP contribution in [-0.2, 0) is 9.84 Å². The van der Waals surface area contributed by atoms with Crippen molar-refractivity contribution in [2.45, 2.75) is 5.03 Å². The Bertz CT molecular complexity index is 1100. The molecule has 128 valence electrons. The van der Waals surface area contributed by atoms with Crippen molar-refractivity contribution in [3.8, 4) is 0 Å². The standard InChI is InChI=1S/C16H11F2N3O3S/c1-25(23,24)15-6-11(2-3-19-15)21-16(22)10-4-9-5-12(17)13(18)7-14(9)20-8-10/h2-8H,1H3,(H,19,21,22). The summed E-state index contributed by atoms with van der Waals surface area (Å²) in [6, 6.07) is 5.89. The first-order chi connectivity index (χ1) is 11.7. The van der Waals surface area contributed by atoms with Gasteiger partial charge >= 0.3 is 0 Å². The Morgan fingerprint density at radius 1 is 1.08 bits per heavy atom. The van der Waals surface area contributed by atoms with Gasteiger partial charge in [-0.2, -0.15) is 0 Å². The van der Waals surface area contributed by atoms with Crippen molar-refractivity contribution in [3.05, 3.63) is 59.9 Å². The van der Waals surface area contributed by atoms with Gasteiger partial charge in [0.15, 0.2) is 26.5 Å². The van der Waals surface area contributed by atoms with Crippen LogP contribution < -0.4 is 5.32 Å². The van der Waals surface area contributed by atoms with E-state index in [1.165, 1.54) is 30.6 Å². The van der Waals surface area contributed by atoms with Crippen LogP contribution in [-0.4, -0.2) is 30.5 Å². The largest absolute Gasteiger partial charge is 0.322 e. The molecule has 0 spiro atoms. The molecule has 0 saturated carbocycles. The number of halogens is 2. The summed E-state index contributed by atoms with van der Waals surface area (Å²) in [5.74, 6) is -2.65. The summed E-state index contributed by atoms with van der Waals surface area (Å²) in [7, 11) is -3.52. The van der Waals surface area contributed by atoms with Crippen molar-refractivity contribution < 1.29 is 22.0 Å². The Morgan fingerprint density at radius 3 is 2.52 bits per heavy atom. The molecule has 6 nitrogen and oxygen atoms in total. The summed E-state index contributed by atoms with van der Waals surface area (Å²) in [5, 5.41) is 2.59. The third-order valence-corrected chi connectivity index (χ3v) is 4.34. The second-order valence-corrected chi connectivity index (χ2v) is 7.25. The van der Waals surface area contributed by atoms with Crippen molar-refractivity contribution in [2.24, 2.45) is 0 Å². The molecule has 3 rings (SSSR count). The zero-order valence-electron chi connectivity index (χ0n) is 12.8. The molecule has 0 fully saturated rings. The van der Waals surface area contributed by atoms with E-state index in [-0.39, 0.29) is 27.2 Å². The van der Waals surface area contributed by atoms with E-state index in [9.17, 15) is 22.0 Å². The topological polar surface area (TPSA) is 89.0 Å². The second kappa shape index (κ2) is 6.17. The fraction of sp³-hybridized carbons (Fsp3) is 0.0625. The van der Waals surface area contributed by atoms with Crippen LogP contribution in [0.25, 0.3) is 10.9 Å². The Labute approximate surface area is 141 Å². The number of sulfone groups is 1. The molecule has 0 saturated heterocycles. The summed E-state index contributed by atoms with van der Waals surface area (Å²) >= 11 is 0. The Kier molecular flexibility index (Phi) is 4.17. The van der Waals surface area contributed by atoms with Crippen molar-refractivity contribution in [1.82, 2.24) is 9.97 Å². The third kappa shape index (κ3) is 3.61. The van der Waals surface area contributed by atoms with Crippen LogP contribution in [0.15, 0.2) is 47.8 Å². The lowest BCUT2D eigenvalue weighted by Crippen LogP contribution is -2.13. The second-order valence-electron chi connectivity index (χ2n) is 5.29. The third-order valence-electron chi connectivity index (χ3n) is 3.36. The number of aromatic nitrogens is 2. The molecule has 25 heavy (non-hydrogen) atoms. The highest BCUT2D eigenvalue weighted by molar-refractivity contribution is 7.90. The van der Waals surface area contributed by atoms with E-state index < -0.39 is 27.4 Å². The van der Waals surface area contributed by atoms with Crippen LogP contribution in [0.5, 0.6) is 0 Å². The quantitative estimate of drug-likeness (QED) is 0.773. The normalized spacial score (nSPS) is 11.5. The highest BCUT2D eigenvalue weighted by atomic mass is 32.2. The fourth-order valence-electron chi connectivity index (χ4n) is 2.14. The number of amides is 1.